The SMILES string of the molecule is CC(C)(C)c1cc(NC(=O)[C@@H]2CCCN2CC2CCOCC2)no1.CC(C)(C)c1csc(NC(=O)[C@@H]2CCCN2CC2CCOCC2)n1.O=C(Nc1n[nH]c(-c2ccccc2)n1)[C@@H]1CCCN1c1ccc(Cl)cc1.O=C(Nc1nc(-c2ccccc2)ns1)[C@@H]1CCCN1c1ccc(Cl)cc1.O=C(Nc1nc2ccccc2o1)[C@@H]1CCCN1c1ccc(Cl)cc1. The van der Waals surface area contributed by atoms with Crippen LogP contribution in [0.5, 0.6) is 0 Å². The highest BCUT2D eigenvalue weighted by atomic mass is 35.5. The number of benzene rings is 6. The first kappa shape index (κ1) is 90.0. The number of aromatic nitrogens is 8. The van der Waals surface area contributed by atoms with Crippen molar-refractivity contribution in [2.75, 3.05) is 114 Å². The molecule has 27 nitrogen and oxygen atoms in total. The molecule has 7 aliphatic heterocycles. The molecule has 32 heteroatoms. The molecule has 0 spiro atoms. The zero-order chi connectivity index (χ0) is 86.7. The summed E-state index contributed by atoms with van der Waals surface area (Å²) in [6.45, 7) is 22.6. The van der Waals surface area contributed by atoms with Crippen molar-refractivity contribution in [3.05, 3.63) is 196 Å². The predicted molar refractivity (Wildman–Crippen MR) is 492 cm³/mol. The van der Waals surface area contributed by atoms with Crippen LogP contribution >= 0.6 is 57.7 Å². The number of hydrogen-bond acceptors (Lipinski definition) is 23. The molecule has 5 amide bonds. The van der Waals surface area contributed by atoms with Gasteiger partial charge < -0.3 is 43.7 Å². The Morgan fingerprint density at radius 2 is 0.919 bits per heavy atom. The number of amides is 5. The Labute approximate surface area is 746 Å². The Bertz CT molecular complexity index is 5000. The van der Waals surface area contributed by atoms with Crippen molar-refractivity contribution in [3.63, 3.8) is 0 Å². The molecule has 0 bridgehead atoms. The molecule has 0 unspecified atom stereocenters. The lowest BCUT2D eigenvalue weighted by Crippen LogP contribution is -2.42. The number of oxazole rings is 1. The van der Waals surface area contributed by atoms with E-state index >= 15 is 0 Å². The number of ether oxygens (including phenoxy) is 2. The fraction of sp³-hybridized carbons (Fsp3) is 0.435. The second kappa shape index (κ2) is 42.7. The van der Waals surface area contributed by atoms with Gasteiger partial charge in [0.2, 0.25) is 34.7 Å². The van der Waals surface area contributed by atoms with Gasteiger partial charge >= 0.3 is 6.01 Å². The average molecular weight is 1780 g/mol. The third kappa shape index (κ3) is 24.5. The monoisotopic (exact) mass is 1780 g/mol. The number of likely N-dealkylation sites (tertiary alicyclic amines) is 2. The van der Waals surface area contributed by atoms with Gasteiger partial charge in [0.15, 0.2) is 28.2 Å². The van der Waals surface area contributed by atoms with Crippen LogP contribution in [0, 0.1) is 11.8 Å². The molecule has 7 aliphatic rings. The van der Waals surface area contributed by atoms with Gasteiger partial charge in [-0.2, -0.15) is 19.3 Å². The molecule has 654 valence electrons. The van der Waals surface area contributed by atoms with E-state index in [1.807, 2.05) is 169 Å². The first-order chi connectivity index (χ1) is 60.0. The molecular formula is C92H109Cl3N18O9S2. The van der Waals surface area contributed by atoms with Gasteiger partial charge in [-0.05, 0) is 200 Å². The summed E-state index contributed by atoms with van der Waals surface area (Å²) in [4.78, 5) is 92.2. The number of H-pyrrole nitrogens is 1. The Morgan fingerprint density at radius 1 is 0.468 bits per heavy atom. The molecule has 0 saturated carbocycles. The number of para-hydroxylation sites is 2. The highest BCUT2D eigenvalue weighted by Gasteiger charge is 2.38. The molecule has 0 aliphatic carbocycles. The maximum atomic E-state index is 12.8. The number of nitrogens with zero attached hydrogens (tertiary/aromatic N) is 12. The van der Waals surface area contributed by atoms with Gasteiger partial charge in [-0.25, -0.2) is 4.98 Å². The van der Waals surface area contributed by atoms with Gasteiger partial charge in [0, 0.05) is 136 Å². The predicted octanol–water partition coefficient (Wildman–Crippen LogP) is 18.4. The largest absolute Gasteiger partial charge is 0.423 e. The molecule has 124 heavy (non-hydrogen) atoms. The summed E-state index contributed by atoms with van der Waals surface area (Å²) in [6.07, 6.45) is 13.8. The molecule has 7 fully saturated rings. The molecule has 5 aromatic heterocycles. The number of carbonyl (C=O) groups is 5. The van der Waals surface area contributed by atoms with E-state index < -0.39 is 0 Å². The first-order valence-corrected chi connectivity index (χ1v) is 45.7. The minimum absolute atomic E-state index is 0.00479. The van der Waals surface area contributed by atoms with Crippen molar-refractivity contribution in [1.29, 1.82) is 0 Å². The van der Waals surface area contributed by atoms with Gasteiger partial charge in [-0.1, -0.05) is 154 Å². The lowest BCUT2D eigenvalue weighted by molar-refractivity contribution is -0.121. The fourth-order valence-electron chi connectivity index (χ4n) is 16.4. The summed E-state index contributed by atoms with van der Waals surface area (Å²) in [5.74, 6) is 4.05. The van der Waals surface area contributed by atoms with Crippen molar-refractivity contribution < 1.29 is 42.4 Å². The van der Waals surface area contributed by atoms with Gasteiger partial charge in [0.25, 0.3) is 5.91 Å². The topological polar surface area (TPSA) is 312 Å². The molecule has 6 N–H and O–H groups in total. The van der Waals surface area contributed by atoms with E-state index in [-0.39, 0.29) is 82.5 Å². The standard InChI is InChI=1S/C19H18ClN5O.C19H17ClN4OS.C18H16ClN3O2.C18H29N3O3.C18H29N3O2S/c20-14-8-10-15(11-9-14)25-12-4-7-16(25)18(26)22-19-21-17(23-24-19)13-5-2-1-3-6-13;20-14-8-10-15(11-9-14)24-12-4-7-16(24)18(25)22-19-21-17(23-26-19)13-5-2-1-3-6-13;19-12-7-9-13(10-8-12)22-11-3-5-15(22)17(23)21-18-20-14-4-1-2-6-16(14)24-18;1-18(2,3)15-11-16(20-24-15)19-17(22)14-5-4-8-21(14)12-13-6-9-23-10-7-13;1-18(2,3)15-12-24-17(19-15)20-16(22)14-5-4-8-21(14)11-13-6-9-23-10-7-13/h1-3,5-6,8-11,16H,4,7,12H2,(H2,21,22,23,24,26);1-3,5-6,8-11,16H,4,7,12H2,(H,21,22,23,25);1-2,4,6-10,15H,3,5,11H2,(H,20,21,23);11,13-14H,4-10,12H2,1-3H3,(H,19,20,22);12-14H,4-11H2,1-3H3,(H,19,20,22)/t2*16-;15-;2*14-/m00000/s1. The van der Waals surface area contributed by atoms with Crippen LogP contribution in [-0.2, 0) is 44.3 Å². The molecular weight excluding hydrogens is 1670 g/mol. The number of nitrogens with one attached hydrogen (secondary N) is 6. The molecule has 18 rings (SSSR count). The van der Waals surface area contributed by atoms with Crippen LogP contribution in [0.1, 0.15) is 143 Å². The van der Waals surface area contributed by atoms with Crippen LogP contribution in [0.4, 0.5) is 45.1 Å². The summed E-state index contributed by atoms with van der Waals surface area (Å²) >= 11 is 20.6. The van der Waals surface area contributed by atoms with Crippen molar-refractivity contribution in [2.24, 2.45) is 11.8 Å². The van der Waals surface area contributed by atoms with Gasteiger partial charge in [-0.3, -0.25) is 54.8 Å². The second-order valence-corrected chi connectivity index (χ2v) is 37.0. The number of halogens is 3. The van der Waals surface area contributed by atoms with Crippen LogP contribution in [0.25, 0.3) is 33.9 Å². The van der Waals surface area contributed by atoms with E-state index in [0.717, 1.165) is 212 Å². The summed E-state index contributed by atoms with van der Waals surface area (Å²) in [6, 6.07) is 50.9. The minimum atomic E-state index is -0.241. The number of anilines is 8. The van der Waals surface area contributed by atoms with E-state index in [4.69, 9.17) is 53.2 Å². The normalized spacial score (nSPS) is 19.5. The fourth-order valence-corrected chi connectivity index (χ4v) is 18.3. The third-order valence-corrected chi connectivity index (χ3v) is 25.3. The van der Waals surface area contributed by atoms with Crippen molar-refractivity contribution in [3.8, 4) is 22.8 Å². The number of aromatic amines is 1. The number of thiazole rings is 1. The van der Waals surface area contributed by atoms with Crippen LogP contribution < -0.4 is 41.3 Å². The summed E-state index contributed by atoms with van der Waals surface area (Å²) < 4.78 is 26.1. The zero-order valence-corrected chi connectivity index (χ0v) is 74.8. The van der Waals surface area contributed by atoms with Crippen LogP contribution in [0.2, 0.25) is 15.1 Å². The Hall–Kier alpha value is -10.2. The van der Waals surface area contributed by atoms with Crippen LogP contribution in [0.3, 0.4) is 0 Å². The summed E-state index contributed by atoms with van der Waals surface area (Å²) in [7, 11) is 0. The molecule has 5 atom stereocenters. The summed E-state index contributed by atoms with van der Waals surface area (Å²) in [5, 5.41) is 30.8. The lowest BCUT2D eigenvalue weighted by atomic mass is 9.93. The highest BCUT2D eigenvalue weighted by molar-refractivity contribution is 7.14. The molecule has 7 saturated heterocycles. The van der Waals surface area contributed by atoms with Crippen LogP contribution in [0.15, 0.2) is 178 Å². The Balaban J connectivity index is 0.000000126. The maximum absolute atomic E-state index is 12.8. The molecule has 12 heterocycles. The van der Waals surface area contributed by atoms with Gasteiger partial charge in [0.1, 0.15) is 29.4 Å². The van der Waals surface area contributed by atoms with Gasteiger partial charge in [-0.15, -0.1) is 16.4 Å². The van der Waals surface area contributed by atoms with E-state index in [2.05, 4.69) is 132 Å². The summed E-state index contributed by atoms with van der Waals surface area (Å²) in [5.41, 5.74) is 7.18. The van der Waals surface area contributed by atoms with Crippen molar-refractivity contribution in [1.82, 2.24) is 49.5 Å². The lowest BCUT2D eigenvalue weighted by Gasteiger charge is -2.30. The quantitative estimate of drug-likeness (QED) is 0.0438. The minimum Gasteiger partial charge on any atom is -0.423 e. The third-order valence-electron chi connectivity index (χ3n) is 23.1. The van der Waals surface area contributed by atoms with Crippen LogP contribution in [-0.4, -0.2) is 181 Å². The van der Waals surface area contributed by atoms with E-state index in [1.54, 1.807) is 0 Å². The maximum Gasteiger partial charge on any atom is 0.302 e. The van der Waals surface area contributed by atoms with E-state index in [0.29, 0.717) is 55.1 Å². The van der Waals surface area contributed by atoms with E-state index in [9.17, 15) is 24.0 Å². The Kier molecular flexibility index (Phi) is 31.0. The molecule has 0 radical (unpaired) electrons. The molecule has 11 aromatic rings. The van der Waals surface area contributed by atoms with E-state index in [1.165, 1.54) is 22.9 Å². The van der Waals surface area contributed by atoms with Crippen molar-refractivity contribution >= 4 is 143 Å². The smallest absolute Gasteiger partial charge is 0.302 e. The second-order valence-electron chi connectivity index (χ2n) is 34.1. The zero-order valence-electron chi connectivity index (χ0n) is 70.9. The number of hydrogen-bond donors (Lipinski definition) is 6. The number of fused-ring (bicyclic) bond motifs is 1. The number of rotatable bonds is 19. The van der Waals surface area contributed by atoms with Gasteiger partial charge in [0.05, 0.1) is 17.8 Å². The first-order valence-electron chi connectivity index (χ1n) is 42.9. The number of carbonyl (C=O) groups excluding carboxylic acids is 5. The van der Waals surface area contributed by atoms with Crippen molar-refractivity contribution in [2.45, 2.75) is 172 Å². The highest BCUT2D eigenvalue weighted by Crippen LogP contribution is 2.36. The Morgan fingerprint density at radius 3 is 1.41 bits per heavy atom. The molecule has 6 aromatic carbocycles. The average Bonchev–Trinajstić information content (AvgIpc) is 1.66.